The van der Waals surface area contributed by atoms with Gasteiger partial charge in [0.05, 0.1) is 6.54 Å². The summed E-state index contributed by atoms with van der Waals surface area (Å²) in [7, 11) is 0. The molecule has 0 amide bonds. The molecule has 0 bridgehead atoms. The van der Waals surface area contributed by atoms with Crippen molar-refractivity contribution < 1.29 is 22.4 Å². The van der Waals surface area contributed by atoms with Gasteiger partial charge in [-0.25, -0.2) is 17.6 Å². The van der Waals surface area contributed by atoms with Crippen molar-refractivity contribution >= 4 is 6.29 Å². The van der Waals surface area contributed by atoms with Crippen molar-refractivity contribution in [3.63, 3.8) is 0 Å². The molecule has 3 nitrogen and oxygen atoms in total. The predicted octanol–water partition coefficient (Wildman–Crippen LogP) is 1.96. The summed E-state index contributed by atoms with van der Waals surface area (Å²) in [5.41, 5.74) is -1.42. The molecule has 0 aliphatic rings. The Morgan fingerprint density at radius 3 is 2.43 bits per heavy atom. The second-order valence-electron chi connectivity index (χ2n) is 2.44. The maximum absolute atomic E-state index is 12.2. The molecular weight excluding hydrogens is 204 g/mol. The summed E-state index contributed by atoms with van der Waals surface area (Å²) in [6, 6.07) is 0.596. The smallest absolute Gasteiger partial charge is 0.282 e. The van der Waals surface area contributed by atoms with Gasteiger partial charge in [0.25, 0.3) is 12.9 Å². The number of carbonyl (C=O) groups excluding carboxylic acids is 1. The number of rotatable bonds is 4. The third-order valence-corrected chi connectivity index (χ3v) is 1.52. The zero-order valence-corrected chi connectivity index (χ0v) is 6.83. The third kappa shape index (κ3) is 2.09. The second kappa shape index (κ2) is 4.21. The van der Waals surface area contributed by atoms with Crippen LogP contribution in [-0.4, -0.2) is 16.1 Å². The lowest BCUT2D eigenvalue weighted by Gasteiger charge is -2.00. The zero-order chi connectivity index (χ0) is 10.7. The Balaban J connectivity index is 3.05. The van der Waals surface area contributed by atoms with Crippen LogP contribution in [0.25, 0.3) is 0 Å². The fourth-order valence-electron chi connectivity index (χ4n) is 0.951. The summed E-state index contributed by atoms with van der Waals surface area (Å²) in [6.45, 7) is -0.452. The van der Waals surface area contributed by atoms with Gasteiger partial charge in [0.2, 0.25) is 0 Å². The number of nitrogens with zero attached hydrogens (tertiary/aromatic N) is 2. The molecule has 0 saturated heterocycles. The Hall–Kier alpha value is -1.40. The van der Waals surface area contributed by atoms with Gasteiger partial charge in [-0.2, -0.15) is 5.10 Å². The number of hydrogen-bond donors (Lipinski definition) is 0. The largest absolute Gasteiger partial charge is 0.301 e. The Labute approximate surface area is 76.3 Å². The van der Waals surface area contributed by atoms with Crippen LogP contribution < -0.4 is 0 Å². The van der Waals surface area contributed by atoms with Gasteiger partial charge >= 0.3 is 0 Å². The van der Waals surface area contributed by atoms with Crippen LogP contribution in [0.1, 0.15) is 24.2 Å². The maximum atomic E-state index is 12.2. The van der Waals surface area contributed by atoms with Gasteiger partial charge in [-0.3, -0.25) is 4.68 Å². The summed E-state index contributed by atoms with van der Waals surface area (Å²) in [5.74, 6) is 0. The lowest BCUT2D eigenvalue weighted by atomic mass is 10.3. The summed E-state index contributed by atoms with van der Waals surface area (Å²) in [4.78, 5) is 10.0. The summed E-state index contributed by atoms with van der Waals surface area (Å²) < 4.78 is 49.1. The molecule has 0 unspecified atom stereocenters. The van der Waals surface area contributed by atoms with Gasteiger partial charge < -0.3 is 4.79 Å². The highest BCUT2D eigenvalue weighted by atomic mass is 19.3. The number of aldehydes is 1. The average Bonchev–Trinajstić information content (AvgIpc) is 2.49. The predicted molar refractivity (Wildman–Crippen MR) is 38.2 cm³/mol. The van der Waals surface area contributed by atoms with E-state index in [2.05, 4.69) is 5.10 Å². The quantitative estimate of drug-likeness (QED) is 0.562. The molecule has 0 fully saturated rings. The van der Waals surface area contributed by atoms with Crippen molar-refractivity contribution in [2.45, 2.75) is 19.4 Å². The van der Waals surface area contributed by atoms with Crippen LogP contribution in [0, 0.1) is 0 Å². The number of carbonyl (C=O) groups is 1. The second-order valence-corrected chi connectivity index (χ2v) is 2.44. The Bertz CT molecular complexity index is 323. The molecule has 1 rings (SSSR count). The van der Waals surface area contributed by atoms with Crippen LogP contribution in [0.15, 0.2) is 6.07 Å². The maximum Gasteiger partial charge on any atom is 0.282 e. The molecule has 0 aliphatic heterocycles. The number of aromatic nitrogens is 2. The van der Waals surface area contributed by atoms with E-state index in [9.17, 15) is 22.4 Å². The molecule has 0 spiro atoms. The zero-order valence-electron chi connectivity index (χ0n) is 6.83. The summed E-state index contributed by atoms with van der Waals surface area (Å²) in [6.07, 6.45) is -5.52. The number of alkyl halides is 4. The van der Waals surface area contributed by atoms with Crippen molar-refractivity contribution in [2.24, 2.45) is 0 Å². The van der Waals surface area contributed by atoms with Crippen LogP contribution >= 0.6 is 0 Å². The van der Waals surface area contributed by atoms with E-state index in [1.54, 1.807) is 0 Å². The summed E-state index contributed by atoms with van der Waals surface area (Å²) >= 11 is 0. The van der Waals surface area contributed by atoms with Gasteiger partial charge in [0.1, 0.15) is 17.7 Å². The molecule has 1 aromatic heterocycles. The minimum Gasteiger partial charge on any atom is -0.301 e. The van der Waals surface area contributed by atoms with Crippen LogP contribution in [0.4, 0.5) is 17.6 Å². The molecule has 0 atom stereocenters. The van der Waals surface area contributed by atoms with Crippen molar-refractivity contribution in [2.75, 3.05) is 0 Å². The van der Waals surface area contributed by atoms with Crippen molar-refractivity contribution in [3.05, 3.63) is 17.5 Å². The van der Waals surface area contributed by atoms with Crippen LogP contribution in [0.3, 0.4) is 0 Å². The molecule has 0 aliphatic carbocycles. The lowest BCUT2D eigenvalue weighted by molar-refractivity contribution is -0.108. The highest BCUT2D eigenvalue weighted by molar-refractivity contribution is 5.49. The third-order valence-electron chi connectivity index (χ3n) is 1.52. The van der Waals surface area contributed by atoms with Crippen molar-refractivity contribution in [1.82, 2.24) is 9.78 Å². The topological polar surface area (TPSA) is 34.9 Å². The minimum atomic E-state index is -2.92. The van der Waals surface area contributed by atoms with Crippen molar-refractivity contribution in [3.8, 4) is 0 Å². The SMILES string of the molecule is O=CCn1nc(C(F)F)cc1C(F)F. The highest BCUT2D eigenvalue weighted by Crippen LogP contribution is 2.24. The first-order valence-electron chi connectivity index (χ1n) is 3.63. The van der Waals surface area contributed by atoms with E-state index in [1.165, 1.54) is 0 Å². The van der Waals surface area contributed by atoms with E-state index in [0.29, 0.717) is 17.0 Å². The molecule has 0 radical (unpaired) electrons. The molecule has 14 heavy (non-hydrogen) atoms. The van der Waals surface area contributed by atoms with E-state index < -0.39 is 30.8 Å². The highest BCUT2D eigenvalue weighted by Gasteiger charge is 2.20. The van der Waals surface area contributed by atoms with Gasteiger partial charge in [0, 0.05) is 0 Å². The normalized spacial score (nSPS) is 11.3. The fraction of sp³-hybridized carbons (Fsp3) is 0.429. The first-order chi connectivity index (χ1) is 6.56. The van der Waals surface area contributed by atoms with Crippen LogP contribution in [0.5, 0.6) is 0 Å². The van der Waals surface area contributed by atoms with E-state index in [-0.39, 0.29) is 0 Å². The molecule has 1 heterocycles. The molecule has 1 aromatic rings. The molecular formula is C7H6F4N2O. The molecule has 0 N–H and O–H groups in total. The van der Waals surface area contributed by atoms with Gasteiger partial charge in [-0.15, -0.1) is 0 Å². The monoisotopic (exact) mass is 210 g/mol. The molecule has 0 aromatic carbocycles. The van der Waals surface area contributed by atoms with E-state index in [1.807, 2.05) is 0 Å². The number of hydrogen-bond acceptors (Lipinski definition) is 2. The minimum absolute atomic E-state index is 0.314. The molecule has 78 valence electrons. The van der Waals surface area contributed by atoms with Crippen molar-refractivity contribution in [1.29, 1.82) is 0 Å². The lowest BCUT2D eigenvalue weighted by Crippen LogP contribution is -2.06. The van der Waals surface area contributed by atoms with E-state index >= 15 is 0 Å². The van der Waals surface area contributed by atoms with Crippen LogP contribution in [0.2, 0.25) is 0 Å². The standard InChI is InChI=1S/C7H6F4N2O/c8-6(9)4-3-5(7(10)11)13(12-4)1-2-14/h2-3,6-7H,1H2. The first-order valence-corrected chi connectivity index (χ1v) is 3.63. The Kier molecular flexibility index (Phi) is 3.21. The summed E-state index contributed by atoms with van der Waals surface area (Å²) in [5, 5.41) is 3.18. The van der Waals surface area contributed by atoms with E-state index in [0.717, 1.165) is 0 Å². The Morgan fingerprint density at radius 1 is 1.36 bits per heavy atom. The van der Waals surface area contributed by atoms with Gasteiger partial charge in [-0.1, -0.05) is 0 Å². The van der Waals surface area contributed by atoms with Gasteiger partial charge in [0.15, 0.2) is 0 Å². The Morgan fingerprint density at radius 2 is 2.00 bits per heavy atom. The fourth-order valence-corrected chi connectivity index (χ4v) is 0.951. The van der Waals surface area contributed by atoms with Crippen LogP contribution in [-0.2, 0) is 11.3 Å². The number of halogens is 4. The first kappa shape index (κ1) is 10.7. The average molecular weight is 210 g/mol. The van der Waals surface area contributed by atoms with E-state index in [4.69, 9.17) is 0 Å². The molecule has 0 saturated carbocycles. The van der Waals surface area contributed by atoms with Gasteiger partial charge in [-0.05, 0) is 6.07 Å². The molecule has 7 heteroatoms.